The summed E-state index contributed by atoms with van der Waals surface area (Å²) >= 11 is 0. The van der Waals surface area contributed by atoms with Crippen LogP contribution in [0.4, 0.5) is 0 Å². The van der Waals surface area contributed by atoms with E-state index >= 15 is 0 Å². The summed E-state index contributed by atoms with van der Waals surface area (Å²) in [6.07, 6.45) is 0.112. The molecule has 0 radical (unpaired) electrons. The number of aliphatic hydroxyl groups excluding tert-OH is 1. The van der Waals surface area contributed by atoms with Crippen LogP contribution in [0.2, 0.25) is 0 Å². The largest absolute Gasteiger partial charge is 0.387 e. The Labute approximate surface area is 148 Å². The van der Waals surface area contributed by atoms with E-state index in [1.54, 1.807) is 6.92 Å². The third-order valence-corrected chi connectivity index (χ3v) is 4.71. The molecule has 1 aliphatic heterocycles. The van der Waals surface area contributed by atoms with Gasteiger partial charge in [0.1, 0.15) is 5.78 Å². The molecule has 4 nitrogen and oxygen atoms in total. The molecule has 1 aliphatic rings. The van der Waals surface area contributed by atoms with Gasteiger partial charge in [0.2, 0.25) is 0 Å². The summed E-state index contributed by atoms with van der Waals surface area (Å²) in [4.78, 5) is 21.5. The number of benzene rings is 1. The number of hydrogen-bond acceptors (Lipinski definition) is 4. The first-order valence-electron chi connectivity index (χ1n) is 8.74. The second-order valence-electron chi connectivity index (χ2n) is 6.84. The van der Waals surface area contributed by atoms with E-state index in [1.165, 1.54) is 5.56 Å². The smallest absolute Gasteiger partial charge is 0.139 e. The van der Waals surface area contributed by atoms with E-state index in [0.717, 1.165) is 22.5 Å². The zero-order valence-corrected chi connectivity index (χ0v) is 15.0. The van der Waals surface area contributed by atoms with Gasteiger partial charge >= 0.3 is 0 Å². The van der Waals surface area contributed by atoms with Gasteiger partial charge in [0, 0.05) is 29.8 Å². The topological polar surface area (TPSA) is 62.5 Å². The van der Waals surface area contributed by atoms with E-state index in [0.29, 0.717) is 25.1 Å². The fraction of sp³-hybridized carbons (Fsp3) is 0.381. The van der Waals surface area contributed by atoms with Crippen molar-refractivity contribution in [3.05, 3.63) is 64.5 Å². The first-order chi connectivity index (χ1) is 12.0. The van der Waals surface area contributed by atoms with E-state index in [4.69, 9.17) is 0 Å². The van der Waals surface area contributed by atoms with Crippen LogP contribution >= 0.6 is 0 Å². The monoisotopic (exact) mass is 336 g/mol. The van der Waals surface area contributed by atoms with E-state index in [1.807, 2.05) is 31.2 Å². The summed E-state index contributed by atoms with van der Waals surface area (Å²) in [5.41, 5.74) is 5.45. The minimum absolute atomic E-state index is 0.163. The molecule has 0 amide bonds. The van der Waals surface area contributed by atoms with Gasteiger partial charge < -0.3 is 5.11 Å². The highest BCUT2D eigenvalue weighted by atomic mass is 16.3. The average Bonchev–Trinajstić information content (AvgIpc) is 2.95. The number of aromatic nitrogens is 1. The van der Waals surface area contributed by atoms with Gasteiger partial charge in [-0.15, -0.1) is 0 Å². The lowest BCUT2D eigenvalue weighted by Gasteiger charge is -2.14. The van der Waals surface area contributed by atoms with Crippen LogP contribution in [0, 0.1) is 0 Å². The van der Waals surface area contributed by atoms with Gasteiger partial charge in [-0.3, -0.25) is 14.8 Å². The molecule has 2 aromatic rings. The van der Waals surface area contributed by atoms with Crippen LogP contribution in [0.15, 0.2) is 41.4 Å². The molecule has 1 N–H and O–H groups in total. The number of aliphatic hydroxyl groups is 1. The lowest BCUT2D eigenvalue weighted by Crippen LogP contribution is -2.13. The van der Waals surface area contributed by atoms with E-state index in [-0.39, 0.29) is 11.7 Å². The maximum absolute atomic E-state index is 12.5. The van der Waals surface area contributed by atoms with Crippen molar-refractivity contribution in [3.63, 3.8) is 0 Å². The number of fused-ring (bicyclic) bond motifs is 1. The second-order valence-corrected chi connectivity index (χ2v) is 6.84. The quantitative estimate of drug-likeness (QED) is 0.873. The van der Waals surface area contributed by atoms with Gasteiger partial charge in [0.25, 0.3) is 0 Å². The third-order valence-electron chi connectivity index (χ3n) is 4.71. The van der Waals surface area contributed by atoms with Crippen molar-refractivity contribution in [2.75, 3.05) is 0 Å². The van der Waals surface area contributed by atoms with Gasteiger partial charge in [-0.1, -0.05) is 37.3 Å². The predicted octanol–water partition coefficient (Wildman–Crippen LogP) is 3.76. The van der Waals surface area contributed by atoms with Crippen LogP contribution in [0.1, 0.15) is 67.3 Å². The highest BCUT2D eigenvalue weighted by Crippen LogP contribution is 2.27. The average molecular weight is 336 g/mol. The number of carbonyl (C=O) groups is 1. The maximum Gasteiger partial charge on any atom is 0.139 e. The molecule has 1 aromatic carbocycles. The molecule has 0 aliphatic carbocycles. The summed E-state index contributed by atoms with van der Waals surface area (Å²) in [5, 5.41) is 10.1. The Hall–Kier alpha value is -2.33. The Balaban J connectivity index is 1.75. The SMILES string of the molecule is CC1=NCc2cc(CC(=O)C[C@H](C)c3ccccc3)nc([C@H](C)O)c21. The van der Waals surface area contributed by atoms with Gasteiger partial charge in [0.05, 0.1) is 18.3 Å². The summed E-state index contributed by atoms with van der Waals surface area (Å²) in [5.74, 6) is 0.348. The van der Waals surface area contributed by atoms with Crippen LogP contribution in [0.3, 0.4) is 0 Å². The van der Waals surface area contributed by atoms with Gasteiger partial charge in [0.15, 0.2) is 0 Å². The number of carbonyl (C=O) groups excluding carboxylic acids is 1. The van der Waals surface area contributed by atoms with Crippen molar-refractivity contribution in [3.8, 4) is 0 Å². The lowest BCUT2D eigenvalue weighted by atomic mass is 9.93. The fourth-order valence-corrected chi connectivity index (χ4v) is 3.41. The Morgan fingerprint density at radius 3 is 2.64 bits per heavy atom. The predicted molar refractivity (Wildman–Crippen MR) is 99.0 cm³/mol. The van der Waals surface area contributed by atoms with Crippen LogP contribution in [0.25, 0.3) is 0 Å². The van der Waals surface area contributed by atoms with Crippen molar-refractivity contribution in [1.29, 1.82) is 0 Å². The molecule has 4 heteroatoms. The van der Waals surface area contributed by atoms with Crippen molar-refractivity contribution < 1.29 is 9.90 Å². The van der Waals surface area contributed by atoms with Crippen molar-refractivity contribution >= 4 is 11.5 Å². The summed E-state index contributed by atoms with van der Waals surface area (Å²) < 4.78 is 0. The maximum atomic E-state index is 12.5. The van der Waals surface area contributed by atoms with Crippen molar-refractivity contribution in [1.82, 2.24) is 4.98 Å². The van der Waals surface area contributed by atoms with Crippen molar-refractivity contribution in [2.45, 2.75) is 52.2 Å². The minimum atomic E-state index is -0.671. The molecule has 0 spiro atoms. The molecule has 2 atom stereocenters. The Morgan fingerprint density at radius 1 is 1.24 bits per heavy atom. The number of Topliss-reactive ketones (excluding diaryl/α,β-unsaturated/α-hetero) is 1. The standard InChI is InChI=1S/C21H24N2O2/c1-13(16-7-5-4-6-8-16)9-19(25)11-18-10-17-12-22-14(2)20(17)21(23-18)15(3)24/h4-8,10,13,15,24H,9,11-12H2,1-3H3/t13-,15-/m0/s1. The highest BCUT2D eigenvalue weighted by molar-refractivity contribution is 6.03. The molecule has 0 saturated heterocycles. The third kappa shape index (κ3) is 3.85. The molecule has 0 fully saturated rings. The Bertz CT molecular complexity index is 810. The van der Waals surface area contributed by atoms with E-state index in [9.17, 15) is 9.90 Å². The van der Waals surface area contributed by atoms with E-state index in [2.05, 4.69) is 29.0 Å². The summed E-state index contributed by atoms with van der Waals surface area (Å²) in [6.45, 7) is 6.32. The molecular weight excluding hydrogens is 312 g/mol. The van der Waals surface area contributed by atoms with E-state index < -0.39 is 6.10 Å². The zero-order chi connectivity index (χ0) is 18.0. The molecule has 130 valence electrons. The van der Waals surface area contributed by atoms with Gasteiger partial charge in [-0.05, 0) is 37.0 Å². The Kier molecular flexibility index (Phi) is 5.09. The summed E-state index contributed by atoms with van der Waals surface area (Å²) in [6, 6.07) is 12.0. The lowest BCUT2D eigenvalue weighted by molar-refractivity contribution is -0.118. The number of nitrogens with zero attached hydrogens (tertiary/aromatic N) is 2. The first-order valence-corrected chi connectivity index (χ1v) is 8.74. The summed E-state index contributed by atoms with van der Waals surface area (Å²) in [7, 11) is 0. The van der Waals surface area contributed by atoms with Gasteiger partial charge in [-0.25, -0.2) is 0 Å². The molecule has 0 saturated carbocycles. The molecule has 3 rings (SSSR count). The molecular formula is C21H24N2O2. The molecule has 25 heavy (non-hydrogen) atoms. The number of aliphatic imine (C=N–C) groups is 1. The van der Waals surface area contributed by atoms with Crippen molar-refractivity contribution in [2.24, 2.45) is 4.99 Å². The molecule has 0 unspecified atom stereocenters. The Morgan fingerprint density at radius 2 is 1.96 bits per heavy atom. The first kappa shape index (κ1) is 17.5. The fourth-order valence-electron chi connectivity index (χ4n) is 3.41. The number of pyridine rings is 1. The molecule has 0 bridgehead atoms. The minimum Gasteiger partial charge on any atom is -0.387 e. The number of rotatable bonds is 6. The van der Waals surface area contributed by atoms with Crippen LogP contribution in [-0.4, -0.2) is 21.6 Å². The van der Waals surface area contributed by atoms with Crippen LogP contribution in [-0.2, 0) is 17.8 Å². The second kappa shape index (κ2) is 7.28. The number of ketones is 1. The van der Waals surface area contributed by atoms with Gasteiger partial charge in [-0.2, -0.15) is 0 Å². The highest BCUT2D eigenvalue weighted by Gasteiger charge is 2.22. The normalized spacial score (nSPS) is 15.4. The number of hydrogen-bond donors (Lipinski definition) is 1. The van der Waals surface area contributed by atoms with Crippen LogP contribution in [0.5, 0.6) is 0 Å². The zero-order valence-electron chi connectivity index (χ0n) is 15.0. The molecule has 1 aromatic heterocycles. The van der Waals surface area contributed by atoms with Crippen LogP contribution < -0.4 is 0 Å². The molecule has 2 heterocycles.